The third-order valence-corrected chi connectivity index (χ3v) is 5.73. The van der Waals surface area contributed by atoms with Crippen LogP contribution < -0.4 is 19.9 Å². The Morgan fingerprint density at radius 3 is 2.34 bits per heavy atom. The van der Waals surface area contributed by atoms with Crippen LogP contribution in [0.25, 0.3) is 0 Å². The van der Waals surface area contributed by atoms with Gasteiger partial charge in [-0.2, -0.15) is 0 Å². The minimum absolute atomic E-state index is 0.0711. The van der Waals surface area contributed by atoms with E-state index in [2.05, 4.69) is 20.2 Å². The molecule has 2 aromatic carbocycles. The molecule has 0 radical (unpaired) electrons. The van der Waals surface area contributed by atoms with Crippen molar-refractivity contribution in [1.29, 1.82) is 0 Å². The van der Waals surface area contributed by atoms with Crippen LogP contribution in [0.1, 0.15) is 0 Å². The Morgan fingerprint density at radius 2 is 1.72 bits per heavy atom. The number of piperazine rings is 1. The number of methoxy groups -OCH3 is 1. The number of nitrogens with one attached hydrogen (secondary N) is 1. The van der Waals surface area contributed by atoms with E-state index in [4.69, 9.17) is 27.9 Å². The lowest BCUT2D eigenvalue weighted by molar-refractivity contribution is -0.383. The molecule has 1 aromatic heterocycles. The zero-order valence-electron chi connectivity index (χ0n) is 17.2. The van der Waals surface area contributed by atoms with E-state index in [-0.39, 0.29) is 17.3 Å². The smallest absolute Gasteiger partial charge is 0.353 e. The molecule has 0 unspecified atom stereocenters. The molecule has 1 fully saturated rings. The summed E-state index contributed by atoms with van der Waals surface area (Å²) < 4.78 is 5.21. The Kier molecular flexibility index (Phi) is 6.48. The molecule has 32 heavy (non-hydrogen) atoms. The Morgan fingerprint density at radius 1 is 1.03 bits per heavy atom. The number of nitrogens with zero attached hydrogens (tertiary/aromatic N) is 5. The van der Waals surface area contributed by atoms with Gasteiger partial charge in [0.1, 0.15) is 12.1 Å². The van der Waals surface area contributed by atoms with Gasteiger partial charge >= 0.3 is 5.69 Å². The van der Waals surface area contributed by atoms with E-state index in [0.717, 1.165) is 11.4 Å². The van der Waals surface area contributed by atoms with Crippen molar-refractivity contribution < 1.29 is 9.66 Å². The molecule has 0 atom stereocenters. The molecular formula is C21H20Cl2N6O3. The third-order valence-electron chi connectivity index (χ3n) is 5.19. The lowest BCUT2D eigenvalue weighted by atomic mass is 10.2. The van der Waals surface area contributed by atoms with Crippen LogP contribution >= 0.6 is 23.2 Å². The first-order chi connectivity index (χ1) is 15.5. The van der Waals surface area contributed by atoms with E-state index in [1.54, 1.807) is 25.3 Å². The van der Waals surface area contributed by atoms with Crippen molar-refractivity contribution in [2.75, 3.05) is 48.4 Å². The summed E-state index contributed by atoms with van der Waals surface area (Å²) in [6.07, 6.45) is 1.31. The van der Waals surface area contributed by atoms with Crippen LogP contribution in [-0.4, -0.2) is 48.2 Å². The molecule has 9 nitrogen and oxygen atoms in total. The van der Waals surface area contributed by atoms with Crippen LogP contribution in [0.2, 0.25) is 10.0 Å². The molecule has 1 aliphatic rings. The number of ether oxygens (including phenoxy) is 1. The number of aromatic nitrogens is 2. The van der Waals surface area contributed by atoms with Gasteiger partial charge < -0.3 is 19.9 Å². The summed E-state index contributed by atoms with van der Waals surface area (Å²) in [6, 6.07) is 12.7. The maximum Gasteiger partial charge on any atom is 0.353 e. The van der Waals surface area contributed by atoms with E-state index in [1.165, 1.54) is 6.33 Å². The number of hydrogen-bond donors (Lipinski definition) is 1. The predicted molar refractivity (Wildman–Crippen MR) is 126 cm³/mol. The van der Waals surface area contributed by atoms with E-state index in [9.17, 15) is 10.1 Å². The summed E-state index contributed by atoms with van der Waals surface area (Å²) in [7, 11) is 1.63. The first-order valence-electron chi connectivity index (χ1n) is 9.81. The quantitative estimate of drug-likeness (QED) is 0.402. The van der Waals surface area contributed by atoms with Gasteiger partial charge in [-0.3, -0.25) is 10.1 Å². The van der Waals surface area contributed by atoms with Gasteiger partial charge in [-0.05, 0) is 42.5 Å². The molecule has 1 N–H and O–H groups in total. The minimum atomic E-state index is -0.475. The van der Waals surface area contributed by atoms with Crippen molar-refractivity contribution >= 4 is 51.9 Å². The van der Waals surface area contributed by atoms with Crippen LogP contribution in [0.5, 0.6) is 5.75 Å². The Labute approximate surface area is 194 Å². The van der Waals surface area contributed by atoms with Gasteiger partial charge in [-0.15, -0.1) is 0 Å². The van der Waals surface area contributed by atoms with Crippen molar-refractivity contribution in [3.05, 3.63) is 69.0 Å². The predicted octanol–water partition coefficient (Wildman–Crippen LogP) is 4.77. The Balaban J connectivity index is 1.54. The van der Waals surface area contributed by atoms with Gasteiger partial charge in [0.25, 0.3) is 0 Å². The molecule has 3 aromatic rings. The van der Waals surface area contributed by atoms with Crippen LogP contribution in [0.3, 0.4) is 0 Å². The number of rotatable bonds is 6. The normalized spacial score (nSPS) is 13.7. The van der Waals surface area contributed by atoms with Crippen molar-refractivity contribution in [2.45, 2.75) is 0 Å². The van der Waals surface area contributed by atoms with Gasteiger partial charge in [-0.1, -0.05) is 23.2 Å². The van der Waals surface area contributed by atoms with Crippen molar-refractivity contribution in [2.24, 2.45) is 0 Å². The van der Waals surface area contributed by atoms with E-state index in [0.29, 0.717) is 41.9 Å². The number of benzene rings is 2. The molecule has 1 aliphatic heterocycles. The van der Waals surface area contributed by atoms with Crippen molar-refractivity contribution in [3.63, 3.8) is 0 Å². The van der Waals surface area contributed by atoms with Crippen LogP contribution in [0.15, 0.2) is 48.8 Å². The van der Waals surface area contributed by atoms with Gasteiger partial charge in [0.05, 0.1) is 22.7 Å². The fourth-order valence-corrected chi connectivity index (χ4v) is 4.00. The van der Waals surface area contributed by atoms with E-state index < -0.39 is 4.92 Å². The molecular weight excluding hydrogens is 455 g/mol. The Hall–Kier alpha value is -3.30. The van der Waals surface area contributed by atoms with Crippen LogP contribution in [0, 0.1) is 10.1 Å². The van der Waals surface area contributed by atoms with Gasteiger partial charge in [-0.25, -0.2) is 9.97 Å². The highest BCUT2D eigenvalue weighted by atomic mass is 35.5. The van der Waals surface area contributed by atoms with Gasteiger partial charge in [0.15, 0.2) is 0 Å². The standard InChI is InChI=1S/C21H20Cl2N6O3/c1-32-16-5-3-15(4-6-16)27-8-10-28(11-9-27)21-19(29(30)31)20(24-13-25-21)26-18-7-2-14(22)12-17(18)23/h2-7,12-13H,8-11H2,1H3,(H,24,25,26). The number of hydrogen-bond acceptors (Lipinski definition) is 8. The van der Waals surface area contributed by atoms with Gasteiger partial charge in [0.2, 0.25) is 11.6 Å². The van der Waals surface area contributed by atoms with E-state index in [1.807, 2.05) is 29.2 Å². The molecule has 166 valence electrons. The second kappa shape index (κ2) is 9.46. The third kappa shape index (κ3) is 4.63. The van der Waals surface area contributed by atoms with Crippen LogP contribution in [0.4, 0.5) is 28.7 Å². The molecule has 0 spiro atoms. The average Bonchev–Trinajstić information content (AvgIpc) is 2.81. The summed E-state index contributed by atoms with van der Waals surface area (Å²) in [6.45, 7) is 2.54. The first-order valence-corrected chi connectivity index (χ1v) is 10.6. The fraction of sp³-hybridized carbons (Fsp3) is 0.238. The minimum Gasteiger partial charge on any atom is -0.497 e. The van der Waals surface area contributed by atoms with Crippen molar-refractivity contribution in [1.82, 2.24) is 9.97 Å². The number of anilines is 4. The monoisotopic (exact) mass is 474 g/mol. The molecule has 0 bridgehead atoms. The number of halogens is 2. The lowest BCUT2D eigenvalue weighted by Crippen LogP contribution is -2.47. The first kappa shape index (κ1) is 21.9. The summed E-state index contributed by atoms with van der Waals surface area (Å²) >= 11 is 12.1. The zero-order valence-corrected chi connectivity index (χ0v) is 18.7. The van der Waals surface area contributed by atoms with Gasteiger partial charge in [0, 0.05) is 36.9 Å². The summed E-state index contributed by atoms with van der Waals surface area (Å²) in [5.41, 5.74) is 1.34. The highest BCUT2D eigenvalue weighted by Crippen LogP contribution is 2.36. The summed E-state index contributed by atoms with van der Waals surface area (Å²) in [4.78, 5) is 23.9. The summed E-state index contributed by atoms with van der Waals surface area (Å²) in [5.74, 6) is 1.14. The van der Waals surface area contributed by atoms with E-state index >= 15 is 0 Å². The largest absolute Gasteiger partial charge is 0.497 e. The van der Waals surface area contributed by atoms with Crippen molar-refractivity contribution in [3.8, 4) is 5.75 Å². The molecule has 11 heteroatoms. The topological polar surface area (TPSA) is 96.7 Å². The second-order valence-electron chi connectivity index (χ2n) is 7.07. The second-order valence-corrected chi connectivity index (χ2v) is 7.92. The molecule has 0 saturated carbocycles. The zero-order chi connectivity index (χ0) is 22.7. The molecule has 0 amide bonds. The summed E-state index contributed by atoms with van der Waals surface area (Å²) in [5, 5.41) is 15.7. The molecule has 1 saturated heterocycles. The molecule has 2 heterocycles. The lowest BCUT2D eigenvalue weighted by Gasteiger charge is -2.36. The maximum atomic E-state index is 11.9. The molecule has 4 rings (SSSR count). The molecule has 0 aliphatic carbocycles. The Bertz CT molecular complexity index is 1120. The SMILES string of the molecule is COc1ccc(N2CCN(c3ncnc(Nc4ccc(Cl)cc4Cl)c3[N+](=O)[O-])CC2)cc1. The number of nitro groups is 1. The highest BCUT2D eigenvalue weighted by Gasteiger charge is 2.29. The highest BCUT2D eigenvalue weighted by molar-refractivity contribution is 6.36. The fourth-order valence-electron chi connectivity index (χ4n) is 3.55. The average molecular weight is 475 g/mol. The van der Waals surface area contributed by atoms with Crippen LogP contribution in [-0.2, 0) is 0 Å². The maximum absolute atomic E-state index is 11.9.